The van der Waals surface area contributed by atoms with Crippen LogP contribution in [0, 0.1) is 0 Å². The van der Waals surface area contributed by atoms with Gasteiger partial charge in [-0.05, 0) is 24.3 Å². The lowest BCUT2D eigenvalue weighted by Gasteiger charge is -2.07. The van der Waals surface area contributed by atoms with Gasteiger partial charge in [0, 0.05) is 11.3 Å². The fourth-order valence-corrected chi connectivity index (χ4v) is 2.82. The topological polar surface area (TPSA) is 104 Å². The minimum Gasteiger partial charge on any atom is -0.321 e. The van der Waals surface area contributed by atoms with E-state index in [1.165, 1.54) is 6.07 Å². The average molecular weight is 356 g/mol. The molecule has 1 heterocycles. The van der Waals surface area contributed by atoms with Crippen molar-refractivity contribution in [3.63, 3.8) is 0 Å². The molecule has 0 aliphatic heterocycles. The lowest BCUT2D eigenvalue weighted by Crippen LogP contribution is -2.13. The summed E-state index contributed by atoms with van der Waals surface area (Å²) in [5.41, 5.74) is 2.71. The van der Waals surface area contributed by atoms with Crippen LogP contribution in [-0.2, 0) is 10.0 Å². The van der Waals surface area contributed by atoms with Crippen LogP contribution in [0.2, 0.25) is 0 Å². The molecule has 0 spiro atoms. The summed E-state index contributed by atoms with van der Waals surface area (Å²) in [5.74, 6) is -0.369. The number of hydrogen-bond acceptors (Lipinski definition) is 4. The second-order valence-electron chi connectivity index (χ2n) is 5.44. The number of aromatic nitrogens is 2. The first-order valence-electron chi connectivity index (χ1n) is 7.41. The number of hydrogen-bond donors (Lipinski definition) is 3. The number of anilines is 2. The van der Waals surface area contributed by atoms with Crippen LogP contribution in [0.4, 0.5) is 11.4 Å². The number of nitrogens with zero attached hydrogens (tertiary/aromatic N) is 1. The molecule has 3 aromatic rings. The highest BCUT2D eigenvalue weighted by Crippen LogP contribution is 2.19. The first-order chi connectivity index (χ1) is 11.9. The fraction of sp³-hybridized carbons (Fsp3) is 0.0588. The zero-order chi connectivity index (χ0) is 17.9. The van der Waals surface area contributed by atoms with Gasteiger partial charge in [-0.15, -0.1) is 0 Å². The first-order valence-corrected chi connectivity index (χ1v) is 9.30. The van der Waals surface area contributed by atoms with Crippen molar-refractivity contribution in [3.8, 4) is 11.3 Å². The number of sulfonamides is 1. The number of amides is 1. The quantitative estimate of drug-likeness (QED) is 0.654. The normalized spacial score (nSPS) is 11.1. The molecule has 0 radical (unpaired) electrons. The van der Waals surface area contributed by atoms with E-state index in [-0.39, 0.29) is 5.91 Å². The smallest absolute Gasteiger partial charge is 0.273 e. The third kappa shape index (κ3) is 4.45. The van der Waals surface area contributed by atoms with Crippen molar-refractivity contribution in [1.82, 2.24) is 10.2 Å². The Hall–Kier alpha value is -3.13. The van der Waals surface area contributed by atoms with Crippen LogP contribution in [0.15, 0.2) is 60.7 Å². The lowest BCUT2D eigenvalue weighted by atomic mass is 10.1. The Bertz CT molecular complexity index is 997. The molecule has 2 aromatic carbocycles. The van der Waals surface area contributed by atoms with E-state index in [2.05, 4.69) is 20.2 Å². The van der Waals surface area contributed by atoms with Crippen molar-refractivity contribution in [2.24, 2.45) is 0 Å². The number of H-pyrrole nitrogens is 1. The summed E-state index contributed by atoms with van der Waals surface area (Å²) in [6, 6.07) is 17.6. The van der Waals surface area contributed by atoms with Gasteiger partial charge in [-0.25, -0.2) is 8.42 Å². The van der Waals surface area contributed by atoms with Crippen molar-refractivity contribution in [3.05, 3.63) is 66.4 Å². The van der Waals surface area contributed by atoms with Crippen LogP contribution >= 0.6 is 0 Å². The monoisotopic (exact) mass is 356 g/mol. The van der Waals surface area contributed by atoms with Gasteiger partial charge in [-0.3, -0.25) is 14.6 Å². The zero-order valence-corrected chi connectivity index (χ0v) is 14.2. The van der Waals surface area contributed by atoms with Crippen molar-refractivity contribution in [2.75, 3.05) is 16.3 Å². The van der Waals surface area contributed by atoms with E-state index in [1.54, 1.807) is 24.3 Å². The summed E-state index contributed by atoms with van der Waals surface area (Å²) in [6.45, 7) is 0. The molecule has 8 heteroatoms. The fourth-order valence-electron chi connectivity index (χ4n) is 2.27. The maximum absolute atomic E-state index is 12.3. The Labute approximate surface area is 145 Å². The van der Waals surface area contributed by atoms with E-state index in [9.17, 15) is 13.2 Å². The molecule has 1 amide bonds. The summed E-state index contributed by atoms with van der Waals surface area (Å²) in [5, 5.41) is 9.55. The molecule has 25 heavy (non-hydrogen) atoms. The van der Waals surface area contributed by atoms with Gasteiger partial charge in [0.25, 0.3) is 5.91 Å². The summed E-state index contributed by atoms with van der Waals surface area (Å²) < 4.78 is 24.9. The highest BCUT2D eigenvalue weighted by Gasteiger charge is 2.12. The molecular weight excluding hydrogens is 340 g/mol. The molecule has 0 saturated heterocycles. The Morgan fingerprint density at radius 3 is 2.44 bits per heavy atom. The Balaban J connectivity index is 1.75. The second-order valence-corrected chi connectivity index (χ2v) is 7.19. The van der Waals surface area contributed by atoms with Crippen LogP contribution in [0.5, 0.6) is 0 Å². The first kappa shape index (κ1) is 16.7. The Kier molecular flexibility index (Phi) is 4.53. The predicted octanol–water partition coefficient (Wildman–Crippen LogP) is 2.70. The molecule has 0 saturated carbocycles. The SMILES string of the molecule is CS(=O)(=O)Nc1cccc(NC(=O)c2cc(-c3ccccc3)n[nH]2)c1. The molecule has 7 nitrogen and oxygen atoms in total. The van der Waals surface area contributed by atoms with Gasteiger partial charge in [-0.1, -0.05) is 36.4 Å². The predicted molar refractivity (Wildman–Crippen MR) is 96.9 cm³/mol. The van der Waals surface area contributed by atoms with Crippen LogP contribution in [0.3, 0.4) is 0 Å². The van der Waals surface area contributed by atoms with Gasteiger partial charge in [0.2, 0.25) is 10.0 Å². The molecular formula is C17H16N4O3S. The number of aromatic amines is 1. The molecule has 0 aliphatic carbocycles. The largest absolute Gasteiger partial charge is 0.321 e. The van der Waals surface area contributed by atoms with Gasteiger partial charge in [0.15, 0.2) is 0 Å². The summed E-state index contributed by atoms with van der Waals surface area (Å²) in [6.07, 6.45) is 1.06. The van der Waals surface area contributed by atoms with Crippen molar-refractivity contribution in [1.29, 1.82) is 0 Å². The minimum absolute atomic E-state index is 0.306. The highest BCUT2D eigenvalue weighted by atomic mass is 32.2. The summed E-state index contributed by atoms with van der Waals surface area (Å²) in [4.78, 5) is 12.3. The average Bonchev–Trinajstić information content (AvgIpc) is 3.04. The molecule has 3 N–H and O–H groups in total. The molecule has 1 aromatic heterocycles. The van der Waals surface area contributed by atoms with Crippen LogP contribution in [0.1, 0.15) is 10.5 Å². The van der Waals surface area contributed by atoms with E-state index in [0.29, 0.717) is 22.8 Å². The van der Waals surface area contributed by atoms with Crippen molar-refractivity contribution < 1.29 is 13.2 Å². The van der Waals surface area contributed by atoms with E-state index in [4.69, 9.17) is 0 Å². The number of carbonyl (C=O) groups excluding carboxylic acids is 1. The van der Waals surface area contributed by atoms with Gasteiger partial charge in [-0.2, -0.15) is 5.10 Å². The number of benzene rings is 2. The van der Waals surface area contributed by atoms with Gasteiger partial charge >= 0.3 is 0 Å². The van der Waals surface area contributed by atoms with E-state index < -0.39 is 10.0 Å². The minimum atomic E-state index is -3.38. The standard InChI is InChI=1S/C17H16N4O3S/c1-25(23,24)21-14-9-5-8-13(10-14)18-17(22)16-11-15(19-20-16)12-6-3-2-4-7-12/h2-11,21H,1H3,(H,18,22)(H,19,20). The lowest BCUT2D eigenvalue weighted by molar-refractivity contribution is 0.102. The number of rotatable bonds is 5. The van der Waals surface area contributed by atoms with Crippen LogP contribution < -0.4 is 10.0 Å². The van der Waals surface area contributed by atoms with E-state index in [1.807, 2.05) is 30.3 Å². The molecule has 0 unspecified atom stereocenters. The second kappa shape index (κ2) is 6.78. The van der Waals surface area contributed by atoms with Crippen LogP contribution in [0.25, 0.3) is 11.3 Å². The third-order valence-corrected chi connectivity index (χ3v) is 3.92. The number of nitrogens with one attached hydrogen (secondary N) is 3. The third-order valence-electron chi connectivity index (χ3n) is 3.32. The van der Waals surface area contributed by atoms with E-state index in [0.717, 1.165) is 11.8 Å². The highest BCUT2D eigenvalue weighted by molar-refractivity contribution is 7.92. The molecule has 128 valence electrons. The summed E-state index contributed by atoms with van der Waals surface area (Å²) in [7, 11) is -3.38. The molecule has 3 rings (SSSR count). The molecule has 0 atom stereocenters. The van der Waals surface area contributed by atoms with E-state index >= 15 is 0 Å². The van der Waals surface area contributed by atoms with Gasteiger partial charge in [0.05, 0.1) is 17.6 Å². The van der Waals surface area contributed by atoms with Crippen LogP contribution in [-0.4, -0.2) is 30.8 Å². The molecule has 0 aliphatic rings. The number of carbonyl (C=O) groups is 1. The maximum Gasteiger partial charge on any atom is 0.273 e. The zero-order valence-electron chi connectivity index (χ0n) is 13.4. The molecule has 0 bridgehead atoms. The summed E-state index contributed by atoms with van der Waals surface area (Å²) >= 11 is 0. The molecule has 0 fully saturated rings. The Morgan fingerprint density at radius 2 is 1.72 bits per heavy atom. The van der Waals surface area contributed by atoms with Gasteiger partial charge < -0.3 is 5.32 Å². The van der Waals surface area contributed by atoms with Gasteiger partial charge in [0.1, 0.15) is 5.69 Å². The van der Waals surface area contributed by atoms with Crippen molar-refractivity contribution >= 4 is 27.3 Å². The Morgan fingerprint density at radius 1 is 1.00 bits per heavy atom. The maximum atomic E-state index is 12.3. The van der Waals surface area contributed by atoms with Crippen molar-refractivity contribution in [2.45, 2.75) is 0 Å².